The third-order valence-electron chi connectivity index (χ3n) is 7.31. The quantitative estimate of drug-likeness (QED) is 0.163. The number of anilines is 1. The van der Waals surface area contributed by atoms with Gasteiger partial charge in [0.25, 0.3) is 0 Å². The van der Waals surface area contributed by atoms with Gasteiger partial charge >= 0.3 is 0 Å². The summed E-state index contributed by atoms with van der Waals surface area (Å²) < 4.78 is 0. The number of carbonyl (C=O) groups excluding carboxylic acids is 1. The molecule has 0 fully saturated rings. The molecule has 1 N–H and O–H groups in total. The highest BCUT2D eigenvalue weighted by Crippen LogP contribution is 2.37. The number of carbonyl (C=O) groups is 1. The van der Waals surface area contributed by atoms with Gasteiger partial charge < -0.3 is 5.32 Å². The van der Waals surface area contributed by atoms with Gasteiger partial charge in [-0.05, 0) is 59.8 Å². The van der Waals surface area contributed by atoms with Gasteiger partial charge in [0.2, 0.25) is 0 Å². The van der Waals surface area contributed by atoms with Gasteiger partial charge in [0.1, 0.15) is 0 Å². The molecule has 206 valence electrons. The average molecular weight is 523 g/mol. The Morgan fingerprint density at radius 3 is 1.49 bits per heavy atom. The second kappa shape index (κ2) is 13.1. The number of para-hydroxylation sites is 2. The van der Waals surface area contributed by atoms with Crippen molar-refractivity contribution in [1.82, 2.24) is 0 Å². The summed E-state index contributed by atoms with van der Waals surface area (Å²) in [7, 11) is 0. The van der Waals surface area contributed by atoms with E-state index >= 15 is 0 Å². The Bertz CT molecular complexity index is 1310. The Morgan fingerprint density at radius 1 is 0.615 bits per heavy atom. The predicted molar refractivity (Wildman–Crippen MR) is 169 cm³/mol. The first kappa shape index (κ1) is 30.1. The summed E-state index contributed by atoms with van der Waals surface area (Å²) in [4.78, 5) is 19.3. The molecule has 0 aliphatic carbocycles. The minimum Gasteiger partial charge on any atom is -0.358 e. The number of nitrogens with zero attached hydrogens (tertiary/aromatic N) is 1. The minimum atomic E-state index is -0.0249. The van der Waals surface area contributed by atoms with Gasteiger partial charge in [-0.2, -0.15) is 0 Å². The highest BCUT2D eigenvalue weighted by Gasteiger charge is 2.22. The monoisotopic (exact) mass is 522 g/mol. The van der Waals surface area contributed by atoms with E-state index in [9.17, 15) is 4.79 Å². The van der Waals surface area contributed by atoms with Gasteiger partial charge in [-0.15, -0.1) is 0 Å². The second-order valence-corrected chi connectivity index (χ2v) is 11.7. The lowest BCUT2D eigenvalue weighted by Crippen LogP contribution is -2.18. The molecule has 0 aromatic heterocycles. The summed E-state index contributed by atoms with van der Waals surface area (Å²) in [5, 5.41) is 3.71. The average Bonchev–Trinajstić information content (AvgIpc) is 2.88. The normalized spacial score (nSPS) is 12.9. The topological polar surface area (TPSA) is 41.5 Å². The highest BCUT2D eigenvalue weighted by molar-refractivity contribution is 6.28. The number of hydrogen-bond acceptors (Lipinski definition) is 3. The summed E-state index contributed by atoms with van der Waals surface area (Å²) in [6.45, 7) is 21.6. The molecule has 0 aliphatic heterocycles. The number of ketones is 1. The smallest absolute Gasteiger partial charge is 0.196 e. The fourth-order valence-corrected chi connectivity index (χ4v) is 5.15. The summed E-state index contributed by atoms with van der Waals surface area (Å²) >= 11 is 0. The molecule has 0 radical (unpaired) electrons. The summed E-state index contributed by atoms with van der Waals surface area (Å²) in [6.07, 6.45) is 0. The molecule has 3 aromatic rings. The lowest BCUT2D eigenvalue weighted by molar-refractivity contribution is 0.103. The number of Topliss-reactive ketones (excluding diaryl/α,β-unsaturated/α-hetero) is 1. The van der Waals surface area contributed by atoms with Crippen LogP contribution in [0.1, 0.15) is 126 Å². The van der Waals surface area contributed by atoms with Gasteiger partial charge in [0, 0.05) is 16.9 Å². The first-order valence-corrected chi connectivity index (χ1v) is 14.3. The van der Waals surface area contributed by atoms with E-state index in [-0.39, 0.29) is 5.78 Å². The van der Waals surface area contributed by atoms with Gasteiger partial charge in [0.15, 0.2) is 5.78 Å². The summed E-state index contributed by atoms with van der Waals surface area (Å²) in [5.74, 6) is 1.29. The number of rotatable bonds is 10. The molecule has 39 heavy (non-hydrogen) atoms. The highest BCUT2D eigenvalue weighted by atomic mass is 16.1. The fourth-order valence-electron chi connectivity index (χ4n) is 5.15. The zero-order chi connectivity index (χ0) is 28.9. The standard InChI is InChI=1S/C36H46N2O/c1-22(2)29-18-14-19-30(23(3)4)34(29)37-26(9)33(36(39)28-16-12-11-13-17-28)27(10)38-35-31(24(5)6)20-15-21-32(35)25(7)8/h11-25,37H,1-10H3/b33-26+,38-27?. The molecule has 3 nitrogen and oxygen atoms in total. The Kier molecular flexibility index (Phi) is 10.1. The summed E-state index contributed by atoms with van der Waals surface area (Å²) in [6, 6.07) is 22.5. The molecular formula is C36H46N2O. The van der Waals surface area contributed by atoms with Crippen LogP contribution in [0.4, 0.5) is 11.4 Å². The van der Waals surface area contributed by atoms with Gasteiger partial charge in [0.05, 0.1) is 17.0 Å². The molecule has 0 saturated carbocycles. The van der Waals surface area contributed by atoms with E-state index in [1.54, 1.807) is 0 Å². The van der Waals surface area contributed by atoms with Crippen molar-refractivity contribution in [3.05, 3.63) is 106 Å². The number of nitrogens with one attached hydrogen (secondary N) is 1. The van der Waals surface area contributed by atoms with Crippen LogP contribution < -0.4 is 5.32 Å². The zero-order valence-electron chi connectivity index (χ0n) is 25.5. The molecule has 0 spiro atoms. The minimum absolute atomic E-state index is 0.0249. The Balaban J connectivity index is 2.29. The Morgan fingerprint density at radius 2 is 1.05 bits per heavy atom. The van der Waals surface area contributed by atoms with Crippen molar-refractivity contribution < 1.29 is 4.79 Å². The fraction of sp³-hybridized carbons (Fsp3) is 0.389. The molecule has 3 rings (SSSR count). The molecule has 0 aliphatic rings. The van der Waals surface area contributed by atoms with E-state index < -0.39 is 0 Å². The molecular weight excluding hydrogens is 476 g/mol. The molecule has 0 bridgehead atoms. The third-order valence-corrected chi connectivity index (χ3v) is 7.31. The van der Waals surface area contributed by atoms with E-state index in [0.717, 1.165) is 22.8 Å². The first-order chi connectivity index (χ1) is 18.4. The Hall–Kier alpha value is -3.46. The SMILES string of the molecule is CC(=Nc1c(C(C)C)cccc1C(C)C)/C(C(=O)c1ccccc1)=C(/C)Nc1c(C(C)C)cccc1C(C)C. The number of hydrogen-bond donors (Lipinski definition) is 1. The van der Waals surface area contributed by atoms with Crippen molar-refractivity contribution in [2.75, 3.05) is 5.32 Å². The van der Waals surface area contributed by atoms with Crippen LogP contribution in [0.25, 0.3) is 0 Å². The van der Waals surface area contributed by atoms with Crippen molar-refractivity contribution in [2.24, 2.45) is 4.99 Å². The molecule has 0 unspecified atom stereocenters. The van der Waals surface area contributed by atoms with Crippen molar-refractivity contribution >= 4 is 22.9 Å². The van der Waals surface area contributed by atoms with Gasteiger partial charge in [-0.25, -0.2) is 0 Å². The largest absolute Gasteiger partial charge is 0.358 e. The predicted octanol–water partition coefficient (Wildman–Crippen LogP) is 10.5. The Labute approximate surface area is 236 Å². The molecule has 0 amide bonds. The molecule has 3 heteroatoms. The maximum atomic E-state index is 14.1. The molecule has 0 atom stereocenters. The van der Waals surface area contributed by atoms with Gasteiger partial charge in [-0.3, -0.25) is 9.79 Å². The lowest BCUT2D eigenvalue weighted by Gasteiger charge is -2.23. The lowest BCUT2D eigenvalue weighted by atomic mass is 9.91. The molecule has 0 heterocycles. The molecule has 3 aromatic carbocycles. The number of allylic oxidation sites excluding steroid dienone is 2. The zero-order valence-corrected chi connectivity index (χ0v) is 25.5. The van der Waals surface area contributed by atoms with Crippen LogP contribution in [0.3, 0.4) is 0 Å². The molecule has 0 saturated heterocycles. The van der Waals surface area contributed by atoms with Crippen molar-refractivity contribution in [3.8, 4) is 0 Å². The van der Waals surface area contributed by atoms with E-state index in [4.69, 9.17) is 4.99 Å². The van der Waals surface area contributed by atoms with E-state index in [2.05, 4.69) is 97.1 Å². The number of benzene rings is 3. The van der Waals surface area contributed by atoms with Crippen LogP contribution >= 0.6 is 0 Å². The number of aliphatic imine (C=N–C) groups is 1. The van der Waals surface area contributed by atoms with Crippen molar-refractivity contribution in [2.45, 2.75) is 92.9 Å². The van der Waals surface area contributed by atoms with Crippen LogP contribution in [0.15, 0.2) is 83.0 Å². The van der Waals surface area contributed by atoms with Crippen LogP contribution in [0.2, 0.25) is 0 Å². The van der Waals surface area contributed by atoms with Crippen LogP contribution in [0.5, 0.6) is 0 Å². The summed E-state index contributed by atoms with van der Waals surface area (Å²) in [5.41, 5.74) is 9.77. The van der Waals surface area contributed by atoms with E-state index in [0.29, 0.717) is 34.8 Å². The first-order valence-electron chi connectivity index (χ1n) is 14.3. The van der Waals surface area contributed by atoms with Crippen LogP contribution in [-0.4, -0.2) is 11.5 Å². The van der Waals surface area contributed by atoms with Crippen LogP contribution in [-0.2, 0) is 0 Å². The van der Waals surface area contributed by atoms with Crippen LogP contribution in [0, 0.1) is 0 Å². The van der Waals surface area contributed by atoms with E-state index in [1.165, 1.54) is 22.3 Å². The third kappa shape index (κ3) is 6.95. The maximum Gasteiger partial charge on any atom is 0.196 e. The van der Waals surface area contributed by atoms with Gasteiger partial charge in [-0.1, -0.05) is 122 Å². The van der Waals surface area contributed by atoms with Crippen molar-refractivity contribution in [3.63, 3.8) is 0 Å². The van der Waals surface area contributed by atoms with Crippen molar-refractivity contribution in [1.29, 1.82) is 0 Å². The maximum absolute atomic E-state index is 14.1. The second-order valence-electron chi connectivity index (χ2n) is 11.7. The van der Waals surface area contributed by atoms with E-state index in [1.807, 2.05) is 44.2 Å².